The first kappa shape index (κ1) is 14.2. The van der Waals surface area contributed by atoms with E-state index in [0.717, 1.165) is 13.1 Å². The molecule has 0 aromatic carbocycles. The van der Waals surface area contributed by atoms with Crippen LogP contribution < -0.4 is 5.32 Å². The molecule has 0 aromatic heterocycles. The van der Waals surface area contributed by atoms with Gasteiger partial charge in [-0.05, 0) is 12.8 Å². The second kappa shape index (κ2) is 13.2. The average molecular weight is 208 g/mol. The number of nitrogens with zero attached hydrogens (tertiary/aromatic N) is 1. The van der Waals surface area contributed by atoms with E-state index in [2.05, 4.69) is 30.5 Å². The second-order valence-electron chi connectivity index (χ2n) is 3.79. The summed E-state index contributed by atoms with van der Waals surface area (Å²) in [6.45, 7) is 3.95. The van der Waals surface area contributed by atoms with Crippen LogP contribution in [0.3, 0.4) is 0 Å². The first-order valence-electron chi connectivity index (χ1n) is 6.14. The third-order valence-electron chi connectivity index (χ3n) is 2.32. The van der Waals surface area contributed by atoms with Crippen molar-refractivity contribution in [3.8, 4) is 6.07 Å². The van der Waals surface area contributed by atoms with Crippen LogP contribution in [-0.4, -0.2) is 13.1 Å². The molecular weight excluding hydrogens is 184 g/mol. The van der Waals surface area contributed by atoms with E-state index in [-0.39, 0.29) is 0 Å². The van der Waals surface area contributed by atoms with Gasteiger partial charge in [-0.3, -0.25) is 0 Å². The van der Waals surface area contributed by atoms with Crippen LogP contribution in [-0.2, 0) is 0 Å². The van der Waals surface area contributed by atoms with Crippen molar-refractivity contribution in [3.05, 3.63) is 12.2 Å². The van der Waals surface area contributed by atoms with Crippen molar-refractivity contribution in [1.29, 1.82) is 5.26 Å². The minimum atomic E-state index is 0.602. The number of unbranched alkanes of at least 4 members (excludes halogenated alkanes) is 5. The predicted molar refractivity (Wildman–Crippen MR) is 65.6 cm³/mol. The van der Waals surface area contributed by atoms with Crippen molar-refractivity contribution in [1.82, 2.24) is 5.32 Å². The molecule has 0 aromatic rings. The van der Waals surface area contributed by atoms with E-state index < -0.39 is 0 Å². The summed E-state index contributed by atoms with van der Waals surface area (Å²) in [5.41, 5.74) is 0. The summed E-state index contributed by atoms with van der Waals surface area (Å²) in [5, 5.41) is 11.5. The smallest absolute Gasteiger partial charge is 0.0635 e. The van der Waals surface area contributed by atoms with E-state index in [4.69, 9.17) is 5.26 Å². The fourth-order valence-electron chi connectivity index (χ4n) is 1.40. The summed E-state index contributed by atoms with van der Waals surface area (Å²) < 4.78 is 0. The van der Waals surface area contributed by atoms with Crippen molar-refractivity contribution >= 4 is 0 Å². The maximum atomic E-state index is 8.30. The lowest BCUT2D eigenvalue weighted by Gasteiger charge is -1.97. The lowest BCUT2D eigenvalue weighted by molar-refractivity contribution is 0.637. The molecule has 0 bridgehead atoms. The molecule has 0 rings (SSSR count). The second-order valence-corrected chi connectivity index (χ2v) is 3.79. The minimum Gasteiger partial charge on any atom is -0.312 e. The van der Waals surface area contributed by atoms with Crippen LogP contribution in [0, 0.1) is 11.3 Å². The molecule has 2 nitrogen and oxygen atoms in total. The quantitative estimate of drug-likeness (QED) is 0.441. The Morgan fingerprint density at radius 1 is 1.13 bits per heavy atom. The monoisotopic (exact) mass is 208 g/mol. The molecular formula is C13H24N2. The van der Waals surface area contributed by atoms with Gasteiger partial charge in [0.05, 0.1) is 6.07 Å². The molecule has 1 N–H and O–H groups in total. The fraction of sp³-hybridized carbons (Fsp3) is 0.769. The number of allylic oxidation sites excluding steroid dienone is 1. The summed E-state index contributed by atoms with van der Waals surface area (Å²) in [7, 11) is 0. The molecule has 0 saturated heterocycles. The molecule has 0 aliphatic rings. The van der Waals surface area contributed by atoms with E-state index >= 15 is 0 Å². The van der Waals surface area contributed by atoms with Crippen LogP contribution >= 0.6 is 0 Å². The Hall–Kier alpha value is -0.810. The Balaban J connectivity index is 3.01. The summed E-state index contributed by atoms with van der Waals surface area (Å²) in [5.74, 6) is 0. The highest BCUT2D eigenvalue weighted by atomic mass is 14.8. The van der Waals surface area contributed by atoms with E-state index in [1.54, 1.807) is 0 Å². The topological polar surface area (TPSA) is 35.8 Å². The number of hydrogen-bond acceptors (Lipinski definition) is 2. The van der Waals surface area contributed by atoms with E-state index in [1.807, 2.05) is 0 Å². The summed E-state index contributed by atoms with van der Waals surface area (Å²) >= 11 is 0. The maximum absolute atomic E-state index is 8.30. The van der Waals surface area contributed by atoms with Crippen LogP contribution in [0.2, 0.25) is 0 Å². The highest BCUT2D eigenvalue weighted by Crippen LogP contribution is 2.04. The summed E-state index contributed by atoms with van der Waals surface area (Å²) in [4.78, 5) is 0. The van der Waals surface area contributed by atoms with Gasteiger partial charge in [0.25, 0.3) is 0 Å². The van der Waals surface area contributed by atoms with Crippen molar-refractivity contribution in [2.75, 3.05) is 13.1 Å². The lowest BCUT2D eigenvalue weighted by Crippen LogP contribution is -2.14. The van der Waals surface area contributed by atoms with Crippen molar-refractivity contribution in [2.45, 2.75) is 51.9 Å². The molecule has 0 spiro atoms. The summed E-state index contributed by atoms with van der Waals surface area (Å²) in [6, 6.07) is 2.11. The van der Waals surface area contributed by atoms with Crippen LogP contribution in [0.4, 0.5) is 0 Å². The zero-order valence-electron chi connectivity index (χ0n) is 9.97. The van der Waals surface area contributed by atoms with Crippen LogP contribution in [0.25, 0.3) is 0 Å². The maximum Gasteiger partial charge on any atom is 0.0635 e. The van der Waals surface area contributed by atoms with Crippen molar-refractivity contribution in [3.63, 3.8) is 0 Å². The zero-order valence-corrected chi connectivity index (χ0v) is 9.97. The molecule has 0 heterocycles. The van der Waals surface area contributed by atoms with E-state index in [9.17, 15) is 0 Å². The normalized spacial score (nSPS) is 10.7. The van der Waals surface area contributed by atoms with Gasteiger partial charge in [0.15, 0.2) is 0 Å². The molecule has 0 aliphatic carbocycles. The fourth-order valence-corrected chi connectivity index (χ4v) is 1.40. The highest BCUT2D eigenvalue weighted by Gasteiger charge is 1.86. The Labute approximate surface area is 94.4 Å². The Morgan fingerprint density at radius 3 is 2.67 bits per heavy atom. The average Bonchev–Trinajstić information content (AvgIpc) is 2.26. The first-order valence-corrected chi connectivity index (χ1v) is 6.14. The molecule has 86 valence electrons. The molecule has 2 heteroatoms. The predicted octanol–water partition coefficient (Wildman–Crippen LogP) is 3.41. The number of hydrogen-bond donors (Lipinski definition) is 1. The van der Waals surface area contributed by atoms with Gasteiger partial charge in [-0.25, -0.2) is 0 Å². The Bertz CT molecular complexity index is 179. The highest BCUT2D eigenvalue weighted by molar-refractivity contribution is 4.84. The molecule has 0 saturated carbocycles. The van der Waals surface area contributed by atoms with E-state index in [1.165, 1.54) is 38.5 Å². The molecule has 0 unspecified atom stereocenters. The van der Waals surface area contributed by atoms with Gasteiger partial charge in [-0.1, -0.05) is 44.8 Å². The van der Waals surface area contributed by atoms with Crippen molar-refractivity contribution in [2.24, 2.45) is 0 Å². The van der Waals surface area contributed by atoms with Gasteiger partial charge < -0.3 is 5.32 Å². The molecule has 0 amide bonds. The van der Waals surface area contributed by atoms with Gasteiger partial charge in [0.2, 0.25) is 0 Å². The Morgan fingerprint density at radius 2 is 1.93 bits per heavy atom. The largest absolute Gasteiger partial charge is 0.312 e. The third-order valence-corrected chi connectivity index (χ3v) is 2.32. The van der Waals surface area contributed by atoms with Gasteiger partial charge in [0, 0.05) is 19.5 Å². The van der Waals surface area contributed by atoms with Gasteiger partial charge >= 0.3 is 0 Å². The molecule has 0 aliphatic heterocycles. The molecule has 0 radical (unpaired) electrons. The number of nitriles is 1. The molecule has 15 heavy (non-hydrogen) atoms. The minimum absolute atomic E-state index is 0.602. The SMILES string of the molecule is CCCCCCC/C=C/CNCCC#N. The first-order chi connectivity index (χ1) is 7.41. The molecule has 0 atom stereocenters. The number of nitrogens with one attached hydrogen (secondary N) is 1. The summed E-state index contributed by atoms with van der Waals surface area (Å²) in [6.07, 6.45) is 13.0. The Kier molecular flexibility index (Phi) is 12.5. The van der Waals surface area contributed by atoms with Crippen molar-refractivity contribution < 1.29 is 0 Å². The lowest BCUT2D eigenvalue weighted by atomic mass is 10.1. The van der Waals surface area contributed by atoms with Gasteiger partial charge in [-0.15, -0.1) is 0 Å². The molecule has 0 fully saturated rings. The van der Waals surface area contributed by atoms with Crippen LogP contribution in [0.5, 0.6) is 0 Å². The van der Waals surface area contributed by atoms with E-state index in [0.29, 0.717) is 6.42 Å². The van der Waals surface area contributed by atoms with Crippen LogP contribution in [0.15, 0.2) is 12.2 Å². The standard InChI is InChI=1S/C13H24N2/c1-2-3-4-5-6-7-8-9-12-15-13-10-11-14/h8-9,15H,2-7,10,12-13H2,1H3/b9-8+. The zero-order chi connectivity index (χ0) is 11.2. The van der Waals surface area contributed by atoms with Gasteiger partial charge in [-0.2, -0.15) is 5.26 Å². The van der Waals surface area contributed by atoms with Gasteiger partial charge in [0.1, 0.15) is 0 Å². The number of rotatable bonds is 10. The third kappa shape index (κ3) is 13.2. The van der Waals surface area contributed by atoms with Crippen LogP contribution in [0.1, 0.15) is 51.9 Å².